The molecule has 0 saturated heterocycles. The SMILES string of the molecule is CCCC(=O)Nc1occc1C(=O)NCc1ccccc1. The zero-order valence-electron chi connectivity index (χ0n) is 11.9. The maximum atomic E-state index is 12.1. The van der Waals surface area contributed by atoms with Gasteiger partial charge in [0.05, 0.1) is 6.26 Å². The summed E-state index contributed by atoms with van der Waals surface area (Å²) in [5, 5.41) is 5.40. The van der Waals surface area contributed by atoms with Crippen LogP contribution in [0, 0.1) is 0 Å². The predicted molar refractivity (Wildman–Crippen MR) is 79.9 cm³/mol. The van der Waals surface area contributed by atoms with E-state index < -0.39 is 0 Å². The molecule has 0 aliphatic rings. The van der Waals surface area contributed by atoms with E-state index in [4.69, 9.17) is 4.42 Å². The fourth-order valence-corrected chi connectivity index (χ4v) is 1.87. The molecule has 0 unspecified atom stereocenters. The van der Waals surface area contributed by atoms with Gasteiger partial charge in [-0.1, -0.05) is 37.3 Å². The van der Waals surface area contributed by atoms with Crippen LogP contribution in [0.2, 0.25) is 0 Å². The number of furan rings is 1. The highest BCUT2D eigenvalue weighted by Crippen LogP contribution is 2.17. The molecule has 0 bridgehead atoms. The fourth-order valence-electron chi connectivity index (χ4n) is 1.87. The molecule has 110 valence electrons. The molecule has 1 aromatic heterocycles. The number of amides is 2. The Bertz CT molecular complexity index is 605. The number of rotatable bonds is 6. The van der Waals surface area contributed by atoms with Crippen LogP contribution in [0.25, 0.3) is 0 Å². The molecule has 0 saturated carbocycles. The molecule has 2 aromatic rings. The quantitative estimate of drug-likeness (QED) is 0.857. The largest absolute Gasteiger partial charge is 0.448 e. The normalized spacial score (nSPS) is 10.1. The van der Waals surface area contributed by atoms with E-state index in [-0.39, 0.29) is 17.7 Å². The number of hydrogen-bond donors (Lipinski definition) is 2. The van der Waals surface area contributed by atoms with Gasteiger partial charge in [-0.05, 0) is 18.1 Å². The van der Waals surface area contributed by atoms with Crippen LogP contribution in [0.4, 0.5) is 5.88 Å². The van der Waals surface area contributed by atoms with E-state index in [2.05, 4.69) is 10.6 Å². The van der Waals surface area contributed by atoms with E-state index in [1.807, 2.05) is 37.3 Å². The van der Waals surface area contributed by atoms with Crippen molar-refractivity contribution in [2.24, 2.45) is 0 Å². The molecule has 2 N–H and O–H groups in total. The number of benzene rings is 1. The first-order valence-corrected chi connectivity index (χ1v) is 6.90. The number of nitrogens with one attached hydrogen (secondary N) is 2. The van der Waals surface area contributed by atoms with Crippen molar-refractivity contribution in [2.45, 2.75) is 26.3 Å². The molecule has 5 heteroatoms. The van der Waals surface area contributed by atoms with Crippen LogP contribution < -0.4 is 10.6 Å². The standard InChI is InChI=1S/C16H18N2O3/c1-2-6-14(19)18-16-13(9-10-21-16)15(20)17-11-12-7-4-3-5-8-12/h3-5,7-10H,2,6,11H2,1H3,(H,17,20)(H,18,19). The highest BCUT2D eigenvalue weighted by atomic mass is 16.3. The average molecular weight is 286 g/mol. The van der Waals surface area contributed by atoms with E-state index in [0.717, 1.165) is 12.0 Å². The Balaban J connectivity index is 1.96. The van der Waals surface area contributed by atoms with Crippen molar-refractivity contribution in [2.75, 3.05) is 5.32 Å². The second-order valence-corrected chi connectivity index (χ2v) is 4.63. The molecule has 21 heavy (non-hydrogen) atoms. The molecule has 2 rings (SSSR count). The van der Waals surface area contributed by atoms with Gasteiger partial charge in [-0.2, -0.15) is 0 Å². The van der Waals surface area contributed by atoms with Crippen LogP contribution in [0.3, 0.4) is 0 Å². The first-order chi connectivity index (χ1) is 10.2. The highest BCUT2D eigenvalue weighted by Gasteiger charge is 2.16. The van der Waals surface area contributed by atoms with Gasteiger partial charge in [-0.25, -0.2) is 0 Å². The number of carbonyl (C=O) groups is 2. The average Bonchev–Trinajstić information content (AvgIpc) is 2.94. The molecule has 2 amide bonds. The third-order valence-corrected chi connectivity index (χ3v) is 2.94. The lowest BCUT2D eigenvalue weighted by Crippen LogP contribution is -2.24. The maximum Gasteiger partial charge on any atom is 0.257 e. The van der Waals surface area contributed by atoms with E-state index in [1.54, 1.807) is 6.07 Å². The molecule has 0 atom stereocenters. The Kier molecular flexibility index (Phi) is 5.15. The fraction of sp³-hybridized carbons (Fsp3) is 0.250. The second-order valence-electron chi connectivity index (χ2n) is 4.63. The lowest BCUT2D eigenvalue weighted by Gasteiger charge is -2.06. The zero-order chi connectivity index (χ0) is 15.1. The summed E-state index contributed by atoms with van der Waals surface area (Å²) in [5.41, 5.74) is 1.33. The summed E-state index contributed by atoms with van der Waals surface area (Å²) in [7, 11) is 0. The van der Waals surface area contributed by atoms with Crippen LogP contribution in [0.1, 0.15) is 35.7 Å². The monoisotopic (exact) mass is 286 g/mol. The van der Waals surface area contributed by atoms with Gasteiger partial charge >= 0.3 is 0 Å². The summed E-state index contributed by atoms with van der Waals surface area (Å²) >= 11 is 0. The molecule has 0 aliphatic heterocycles. The van der Waals surface area contributed by atoms with Crippen LogP contribution in [-0.2, 0) is 11.3 Å². The summed E-state index contributed by atoms with van der Waals surface area (Å²) in [4.78, 5) is 23.7. The molecule has 0 spiro atoms. The minimum absolute atomic E-state index is 0.162. The first kappa shape index (κ1) is 14.8. The van der Waals surface area contributed by atoms with Crippen LogP contribution in [0.5, 0.6) is 0 Å². The van der Waals surface area contributed by atoms with Gasteiger partial charge in [0.2, 0.25) is 11.8 Å². The third kappa shape index (κ3) is 4.21. The molecule has 0 radical (unpaired) electrons. The van der Waals surface area contributed by atoms with Gasteiger partial charge in [-0.15, -0.1) is 0 Å². The van der Waals surface area contributed by atoms with Crippen LogP contribution in [0.15, 0.2) is 47.1 Å². The molecule has 1 aromatic carbocycles. The van der Waals surface area contributed by atoms with Gasteiger partial charge in [0.15, 0.2) is 0 Å². The predicted octanol–water partition coefficient (Wildman–Crippen LogP) is 2.95. The number of carbonyl (C=O) groups excluding carboxylic acids is 2. The molecule has 0 fully saturated rings. The third-order valence-electron chi connectivity index (χ3n) is 2.94. The molecular formula is C16H18N2O3. The minimum Gasteiger partial charge on any atom is -0.448 e. The summed E-state index contributed by atoms with van der Waals surface area (Å²) in [6.07, 6.45) is 2.52. The van der Waals surface area contributed by atoms with E-state index in [1.165, 1.54) is 6.26 Å². The summed E-state index contributed by atoms with van der Waals surface area (Å²) in [6, 6.07) is 11.1. The van der Waals surface area contributed by atoms with E-state index in [9.17, 15) is 9.59 Å². The van der Waals surface area contributed by atoms with Crippen molar-refractivity contribution in [1.82, 2.24) is 5.32 Å². The Morgan fingerprint density at radius 3 is 2.62 bits per heavy atom. The number of hydrogen-bond acceptors (Lipinski definition) is 3. The summed E-state index contributed by atoms with van der Waals surface area (Å²) in [5.74, 6) is -0.247. The second kappa shape index (κ2) is 7.28. The van der Waals surface area contributed by atoms with Crippen molar-refractivity contribution in [3.63, 3.8) is 0 Å². The summed E-state index contributed by atoms with van der Waals surface area (Å²) in [6.45, 7) is 2.34. The van der Waals surface area contributed by atoms with Crippen molar-refractivity contribution >= 4 is 17.7 Å². The first-order valence-electron chi connectivity index (χ1n) is 6.90. The van der Waals surface area contributed by atoms with Gasteiger partial charge in [0.1, 0.15) is 5.56 Å². The smallest absolute Gasteiger partial charge is 0.257 e. The molecule has 5 nitrogen and oxygen atoms in total. The van der Waals surface area contributed by atoms with Crippen molar-refractivity contribution in [3.8, 4) is 0 Å². The van der Waals surface area contributed by atoms with Gasteiger partial charge < -0.3 is 9.73 Å². The lowest BCUT2D eigenvalue weighted by atomic mass is 10.2. The van der Waals surface area contributed by atoms with Gasteiger partial charge in [-0.3, -0.25) is 14.9 Å². The topological polar surface area (TPSA) is 71.3 Å². The minimum atomic E-state index is -0.278. The van der Waals surface area contributed by atoms with E-state index in [0.29, 0.717) is 18.5 Å². The molecule has 0 aliphatic carbocycles. The van der Waals surface area contributed by atoms with Crippen molar-refractivity contribution < 1.29 is 14.0 Å². The Hall–Kier alpha value is -2.56. The van der Waals surface area contributed by atoms with Gasteiger partial charge in [0.25, 0.3) is 5.91 Å². The lowest BCUT2D eigenvalue weighted by molar-refractivity contribution is -0.116. The number of anilines is 1. The molecule has 1 heterocycles. The van der Waals surface area contributed by atoms with Gasteiger partial charge in [0, 0.05) is 13.0 Å². The van der Waals surface area contributed by atoms with Crippen LogP contribution in [-0.4, -0.2) is 11.8 Å². The Morgan fingerprint density at radius 1 is 1.14 bits per heavy atom. The highest BCUT2D eigenvalue weighted by molar-refractivity contribution is 6.02. The Morgan fingerprint density at radius 2 is 1.90 bits per heavy atom. The molecular weight excluding hydrogens is 268 g/mol. The Labute approximate surface area is 123 Å². The zero-order valence-corrected chi connectivity index (χ0v) is 11.9. The maximum absolute atomic E-state index is 12.1. The van der Waals surface area contributed by atoms with Crippen molar-refractivity contribution in [1.29, 1.82) is 0 Å². The van der Waals surface area contributed by atoms with E-state index >= 15 is 0 Å². The summed E-state index contributed by atoms with van der Waals surface area (Å²) < 4.78 is 5.16. The van der Waals surface area contributed by atoms with Crippen molar-refractivity contribution in [3.05, 3.63) is 53.8 Å². The van der Waals surface area contributed by atoms with Crippen LogP contribution >= 0.6 is 0 Å².